The molecular weight excluding hydrogens is 406 g/mol. The number of rotatable bonds is 9. The van der Waals surface area contributed by atoms with E-state index in [9.17, 15) is 14.4 Å². The van der Waals surface area contributed by atoms with E-state index in [4.69, 9.17) is 4.74 Å². The van der Waals surface area contributed by atoms with Gasteiger partial charge in [0.15, 0.2) is 0 Å². The van der Waals surface area contributed by atoms with Crippen LogP contribution < -0.4 is 16.0 Å². The molecule has 0 saturated heterocycles. The highest BCUT2D eigenvalue weighted by atomic mass is 16.6. The maximum Gasteiger partial charge on any atom is 0.407 e. The van der Waals surface area contributed by atoms with Gasteiger partial charge in [-0.3, -0.25) is 9.59 Å². The molecule has 172 valence electrons. The topological polar surface area (TPSA) is 96.5 Å². The van der Waals surface area contributed by atoms with Crippen LogP contribution >= 0.6 is 0 Å². The van der Waals surface area contributed by atoms with Crippen molar-refractivity contribution in [2.45, 2.75) is 59.1 Å². The maximum absolute atomic E-state index is 12.4. The third-order valence-corrected chi connectivity index (χ3v) is 4.55. The molecule has 0 aliphatic carbocycles. The van der Waals surface area contributed by atoms with E-state index >= 15 is 0 Å². The van der Waals surface area contributed by atoms with E-state index in [1.807, 2.05) is 55.5 Å². The Morgan fingerprint density at radius 3 is 2.25 bits per heavy atom. The van der Waals surface area contributed by atoms with E-state index in [1.54, 1.807) is 20.8 Å². The van der Waals surface area contributed by atoms with Gasteiger partial charge in [-0.25, -0.2) is 4.79 Å². The zero-order valence-electron chi connectivity index (χ0n) is 19.3. The first-order valence-electron chi connectivity index (χ1n) is 10.8. The van der Waals surface area contributed by atoms with Gasteiger partial charge in [-0.2, -0.15) is 0 Å². The van der Waals surface area contributed by atoms with Crippen molar-refractivity contribution in [2.75, 3.05) is 11.9 Å². The highest BCUT2D eigenvalue weighted by Crippen LogP contribution is 2.16. The first kappa shape index (κ1) is 24.9. The molecule has 0 spiro atoms. The van der Waals surface area contributed by atoms with Crippen LogP contribution in [0, 0.1) is 6.92 Å². The van der Waals surface area contributed by atoms with Crippen LogP contribution in [0.15, 0.2) is 48.5 Å². The molecule has 2 rings (SSSR count). The SMILES string of the molecule is Cc1ccc(CCC(=O)Nc2ccccc2CNC(=O)CCNC(=O)OC(C)(C)C)cc1. The first-order chi connectivity index (χ1) is 15.1. The van der Waals surface area contributed by atoms with Crippen molar-refractivity contribution in [2.24, 2.45) is 0 Å². The summed E-state index contributed by atoms with van der Waals surface area (Å²) in [5.41, 5.74) is 3.21. The quantitative estimate of drug-likeness (QED) is 0.548. The molecule has 3 N–H and O–H groups in total. The fourth-order valence-corrected chi connectivity index (χ4v) is 2.90. The summed E-state index contributed by atoms with van der Waals surface area (Å²) >= 11 is 0. The highest BCUT2D eigenvalue weighted by molar-refractivity contribution is 5.91. The number of carbonyl (C=O) groups excluding carboxylic acids is 3. The summed E-state index contributed by atoms with van der Waals surface area (Å²) in [5.74, 6) is -0.285. The molecule has 0 aliphatic heterocycles. The van der Waals surface area contributed by atoms with Crippen LogP contribution in [0.4, 0.5) is 10.5 Å². The third-order valence-electron chi connectivity index (χ3n) is 4.55. The van der Waals surface area contributed by atoms with Crippen molar-refractivity contribution < 1.29 is 19.1 Å². The average molecular weight is 440 g/mol. The summed E-state index contributed by atoms with van der Waals surface area (Å²) in [4.78, 5) is 36.1. The Morgan fingerprint density at radius 1 is 0.875 bits per heavy atom. The summed E-state index contributed by atoms with van der Waals surface area (Å²) in [7, 11) is 0. The minimum absolute atomic E-state index is 0.0779. The molecule has 3 amide bonds. The Morgan fingerprint density at radius 2 is 1.56 bits per heavy atom. The molecule has 32 heavy (non-hydrogen) atoms. The van der Waals surface area contributed by atoms with Crippen LogP contribution in [-0.2, 0) is 27.3 Å². The minimum atomic E-state index is -0.583. The van der Waals surface area contributed by atoms with Crippen LogP contribution in [0.2, 0.25) is 0 Å². The van der Waals surface area contributed by atoms with Crippen LogP contribution in [-0.4, -0.2) is 30.1 Å². The van der Waals surface area contributed by atoms with Gasteiger partial charge < -0.3 is 20.7 Å². The molecule has 2 aromatic rings. The Hall–Kier alpha value is -3.35. The molecule has 0 heterocycles. The number of ether oxygens (including phenoxy) is 1. The highest BCUT2D eigenvalue weighted by Gasteiger charge is 2.16. The monoisotopic (exact) mass is 439 g/mol. The van der Waals surface area contributed by atoms with Gasteiger partial charge in [-0.05, 0) is 51.3 Å². The van der Waals surface area contributed by atoms with Gasteiger partial charge in [-0.1, -0.05) is 48.0 Å². The third kappa shape index (κ3) is 9.64. The van der Waals surface area contributed by atoms with Crippen LogP contribution in [0.25, 0.3) is 0 Å². The Balaban J connectivity index is 1.77. The number of carbonyl (C=O) groups is 3. The van der Waals surface area contributed by atoms with Gasteiger partial charge in [0.05, 0.1) is 0 Å². The number of nitrogens with one attached hydrogen (secondary N) is 3. The largest absolute Gasteiger partial charge is 0.444 e. The Kier molecular flexibility index (Phi) is 9.25. The maximum atomic E-state index is 12.4. The number of para-hydroxylation sites is 1. The normalized spacial score (nSPS) is 10.9. The lowest BCUT2D eigenvalue weighted by Crippen LogP contribution is -2.35. The number of hydrogen-bond acceptors (Lipinski definition) is 4. The zero-order valence-corrected chi connectivity index (χ0v) is 19.3. The molecule has 0 aromatic heterocycles. The molecule has 2 aromatic carbocycles. The van der Waals surface area contributed by atoms with Crippen molar-refractivity contribution in [3.8, 4) is 0 Å². The summed E-state index contributed by atoms with van der Waals surface area (Å²) in [5, 5.41) is 8.30. The predicted molar refractivity (Wildman–Crippen MR) is 125 cm³/mol. The lowest BCUT2D eigenvalue weighted by molar-refractivity contribution is -0.121. The van der Waals surface area contributed by atoms with Crippen molar-refractivity contribution in [1.29, 1.82) is 0 Å². The smallest absolute Gasteiger partial charge is 0.407 e. The number of hydrogen-bond donors (Lipinski definition) is 3. The van der Waals surface area contributed by atoms with Crippen LogP contribution in [0.1, 0.15) is 50.3 Å². The molecular formula is C25H33N3O4. The number of anilines is 1. The van der Waals surface area contributed by atoms with Crippen molar-refractivity contribution in [3.05, 3.63) is 65.2 Å². The van der Waals surface area contributed by atoms with Crippen molar-refractivity contribution in [1.82, 2.24) is 10.6 Å². The summed E-state index contributed by atoms with van der Waals surface area (Å²) in [6.45, 7) is 7.82. The Bertz CT molecular complexity index is 918. The number of amides is 3. The molecule has 0 radical (unpaired) electrons. The van der Waals surface area contributed by atoms with Crippen LogP contribution in [0.5, 0.6) is 0 Å². The summed E-state index contributed by atoms with van der Waals surface area (Å²) < 4.78 is 5.13. The number of alkyl carbamates (subject to hydrolysis) is 1. The predicted octanol–water partition coefficient (Wildman–Crippen LogP) is 4.10. The van der Waals surface area contributed by atoms with E-state index < -0.39 is 11.7 Å². The van der Waals surface area contributed by atoms with Crippen molar-refractivity contribution in [3.63, 3.8) is 0 Å². The van der Waals surface area contributed by atoms with Gasteiger partial charge >= 0.3 is 6.09 Å². The molecule has 0 bridgehead atoms. The second-order valence-corrected chi connectivity index (χ2v) is 8.65. The molecule has 0 unspecified atom stereocenters. The first-order valence-corrected chi connectivity index (χ1v) is 10.8. The number of aryl methyl sites for hydroxylation is 2. The second-order valence-electron chi connectivity index (χ2n) is 8.65. The van der Waals surface area contributed by atoms with Gasteiger partial charge in [-0.15, -0.1) is 0 Å². The molecule has 7 nitrogen and oxygen atoms in total. The molecule has 0 atom stereocenters. The van der Waals surface area contributed by atoms with Gasteiger partial charge in [0.25, 0.3) is 0 Å². The molecule has 7 heteroatoms. The number of benzene rings is 2. The van der Waals surface area contributed by atoms with Crippen molar-refractivity contribution >= 4 is 23.6 Å². The van der Waals surface area contributed by atoms with Gasteiger partial charge in [0, 0.05) is 31.6 Å². The minimum Gasteiger partial charge on any atom is -0.444 e. The lowest BCUT2D eigenvalue weighted by atomic mass is 10.1. The van der Waals surface area contributed by atoms with Crippen LogP contribution in [0.3, 0.4) is 0 Å². The standard InChI is InChI=1S/C25H33N3O4/c1-18-9-11-19(12-10-18)13-14-23(30)28-21-8-6-5-7-20(21)17-27-22(29)15-16-26-24(31)32-25(2,3)4/h5-12H,13-17H2,1-4H3,(H,26,31)(H,27,29)(H,28,30). The zero-order chi connectivity index (χ0) is 23.6. The Labute approximate surface area is 189 Å². The molecule has 0 fully saturated rings. The second kappa shape index (κ2) is 11.9. The summed E-state index contributed by atoms with van der Waals surface area (Å²) in [6, 6.07) is 15.5. The molecule has 0 saturated carbocycles. The van der Waals surface area contributed by atoms with E-state index in [2.05, 4.69) is 16.0 Å². The average Bonchev–Trinajstić information content (AvgIpc) is 2.71. The van der Waals surface area contributed by atoms with E-state index in [0.29, 0.717) is 18.5 Å². The van der Waals surface area contributed by atoms with Gasteiger partial charge in [0.1, 0.15) is 5.60 Å². The van der Waals surface area contributed by atoms with E-state index in [-0.39, 0.29) is 31.3 Å². The van der Waals surface area contributed by atoms with Gasteiger partial charge in [0.2, 0.25) is 11.8 Å². The van der Waals surface area contributed by atoms with E-state index in [0.717, 1.165) is 11.1 Å². The van der Waals surface area contributed by atoms with E-state index in [1.165, 1.54) is 5.56 Å². The summed E-state index contributed by atoms with van der Waals surface area (Å²) in [6.07, 6.45) is 0.615. The lowest BCUT2D eigenvalue weighted by Gasteiger charge is -2.19. The molecule has 0 aliphatic rings. The fourth-order valence-electron chi connectivity index (χ4n) is 2.90. The fraction of sp³-hybridized carbons (Fsp3) is 0.400.